The first kappa shape index (κ1) is 20.1. The van der Waals surface area contributed by atoms with Gasteiger partial charge in [-0.2, -0.15) is 5.26 Å². The Morgan fingerprint density at radius 2 is 1.79 bits per heavy atom. The van der Waals surface area contributed by atoms with Gasteiger partial charge < -0.3 is 9.47 Å². The summed E-state index contributed by atoms with van der Waals surface area (Å²) in [4.78, 5) is 14.8. The molecular weight excluding hydrogens is 376 g/mol. The average molecular weight is 401 g/mol. The van der Waals surface area contributed by atoms with E-state index in [1.165, 1.54) is 0 Å². The molecule has 28 heavy (non-hydrogen) atoms. The Labute approximate surface area is 165 Å². The summed E-state index contributed by atoms with van der Waals surface area (Å²) in [5, 5.41) is 8.97. The van der Waals surface area contributed by atoms with E-state index in [0.717, 1.165) is 23.3 Å². The molecule has 3 rings (SSSR count). The minimum Gasteiger partial charge on any atom is -0.338 e. The maximum Gasteiger partial charge on any atom is 0.255 e. The molecule has 0 bridgehead atoms. The Kier molecular flexibility index (Phi) is 5.59. The summed E-state index contributed by atoms with van der Waals surface area (Å²) in [6.45, 7) is 4.90. The Morgan fingerprint density at radius 1 is 1.18 bits per heavy atom. The van der Waals surface area contributed by atoms with Gasteiger partial charge in [-0.1, -0.05) is 0 Å². The molecule has 0 spiro atoms. The SMILES string of the molecule is Cc1cc(C(=O)N2CCC(NS(C)(=O)=O)CC2)c(C)n1-c1ccc(C#N)cc1. The van der Waals surface area contributed by atoms with Gasteiger partial charge in [-0.05, 0) is 57.0 Å². The fourth-order valence-corrected chi connectivity index (χ4v) is 4.58. The molecule has 7 nitrogen and oxygen atoms in total. The first-order valence-corrected chi connectivity index (χ1v) is 11.0. The number of carbonyl (C=O) groups excluding carboxylic acids is 1. The lowest BCUT2D eigenvalue weighted by Crippen LogP contribution is -2.46. The van der Waals surface area contributed by atoms with Gasteiger partial charge in [0.2, 0.25) is 10.0 Å². The molecule has 148 valence electrons. The van der Waals surface area contributed by atoms with Gasteiger partial charge >= 0.3 is 0 Å². The number of nitrogens with one attached hydrogen (secondary N) is 1. The number of benzene rings is 1. The standard InChI is InChI=1S/C20H24N4O3S/c1-14-12-19(15(2)24(14)18-6-4-16(13-21)5-7-18)20(25)23-10-8-17(9-11-23)22-28(3,26)27/h4-7,12,17,22H,8-11H2,1-3H3. The van der Waals surface area contributed by atoms with E-state index in [0.29, 0.717) is 37.1 Å². The Balaban J connectivity index is 1.77. The van der Waals surface area contributed by atoms with Crippen LogP contribution in [0.4, 0.5) is 0 Å². The molecule has 0 aliphatic carbocycles. The minimum absolute atomic E-state index is 0.0363. The molecule has 0 atom stereocenters. The van der Waals surface area contributed by atoms with Gasteiger partial charge in [-0.25, -0.2) is 13.1 Å². The highest BCUT2D eigenvalue weighted by molar-refractivity contribution is 7.88. The van der Waals surface area contributed by atoms with Crippen LogP contribution in [0.2, 0.25) is 0 Å². The third-order valence-corrected chi connectivity index (χ3v) is 5.84. The van der Waals surface area contributed by atoms with Crippen LogP contribution in [0.3, 0.4) is 0 Å². The second-order valence-electron chi connectivity index (χ2n) is 7.24. The summed E-state index contributed by atoms with van der Waals surface area (Å²) in [7, 11) is -3.24. The van der Waals surface area contributed by atoms with Crippen molar-refractivity contribution in [2.24, 2.45) is 0 Å². The number of hydrogen-bond acceptors (Lipinski definition) is 4. The number of likely N-dealkylation sites (tertiary alicyclic amines) is 1. The predicted molar refractivity (Wildman–Crippen MR) is 107 cm³/mol. The molecule has 0 unspecified atom stereocenters. The first-order valence-electron chi connectivity index (χ1n) is 9.15. The van der Waals surface area contributed by atoms with E-state index in [2.05, 4.69) is 10.8 Å². The molecule has 8 heteroatoms. The van der Waals surface area contributed by atoms with E-state index < -0.39 is 10.0 Å². The quantitative estimate of drug-likeness (QED) is 0.850. The minimum atomic E-state index is -3.24. The van der Waals surface area contributed by atoms with Crippen molar-refractivity contribution in [1.82, 2.24) is 14.2 Å². The summed E-state index contributed by atoms with van der Waals surface area (Å²) in [6.07, 6.45) is 2.36. The summed E-state index contributed by atoms with van der Waals surface area (Å²) in [5.41, 5.74) is 3.94. The topological polar surface area (TPSA) is 95.2 Å². The van der Waals surface area contributed by atoms with Crippen molar-refractivity contribution >= 4 is 15.9 Å². The number of nitrogens with zero attached hydrogens (tertiary/aromatic N) is 3. The van der Waals surface area contributed by atoms with E-state index in [1.54, 1.807) is 17.0 Å². The van der Waals surface area contributed by atoms with Gasteiger partial charge in [0.15, 0.2) is 0 Å². The van der Waals surface area contributed by atoms with Gasteiger partial charge in [-0.3, -0.25) is 4.79 Å². The van der Waals surface area contributed by atoms with E-state index in [-0.39, 0.29) is 11.9 Å². The molecule has 1 fully saturated rings. The molecule has 0 saturated carbocycles. The number of rotatable bonds is 4. The normalized spacial score (nSPS) is 15.4. The van der Waals surface area contributed by atoms with E-state index in [1.807, 2.05) is 36.6 Å². The zero-order chi connectivity index (χ0) is 20.5. The smallest absolute Gasteiger partial charge is 0.255 e. The molecule has 2 aromatic rings. The summed E-state index contributed by atoms with van der Waals surface area (Å²) < 4.78 is 27.4. The number of carbonyl (C=O) groups is 1. The lowest BCUT2D eigenvalue weighted by atomic mass is 10.0. The molecule has 1 aliphatic rings. The highest BCUT2D eigenvalue weighted by Crippen LogP contribution is 2.24. The van der Waals surface area contributed by atoms with Crippen molar-refractivity contribution in [3.05, 3.63) is 52.8 Å². The molecule has 1 saturated heterocycles. The van der Waals surface area contributed by atoms with Crippen LogP contribution in [0.15, 0.2) is 30.3 Å². The van der Waals surface area contributed by atoms with Crippen LogP contribution in [0, 0.1) is 25.2 Å². The van der Waals surface area contributed by atoms with Crippen molar-refractivity contribution < 1.29 is 13.2 Å². The van der Waals surface area contributed by atoms with Gasteiger partial charge in [0.25, 0.3) is 5.91 Å². The summed E-state index contributed by atoms with van der Waals surface area (Å²) in [5.74, 6) is -0.0363. The lowest BCUT2D eigenvalue weighted by Gasteiger charge is -2.32. The number of piperidine rings is 1. The van der Waals surface area contributed by atoms with Crippen LogP contribution in [0.5, 0.6) is 0 Å². The third kappa shape index (κ3) is 4.26. The number of hydrogen-bond donors (Lipinski definition) is 1. The predicted octanol–water partition coefficient (Wildman–Crippen LogP) is 2.12. The van der Waals surface area contributed by atoms with Crippen molar-refractivity contribution in [2.75, 3.05) is 19.3 Å². The average Bonchev–Trinajstić information content (AvgIpc) is 2.95. The number of sulfonamides is 1. The number of nitriles is 1. The van der Waals surface area contributed by atoms with Crippen LogP contribution < -0.4 is 4.72 Å². The monoisotopic (exact) mass is 400 g/mol. The van der Waals surface area contributed by atoms with Gasteiger partial charge in [0.05, 0.1) is 23.5 Å². The fourth-order valence-electron chi connectivity index (χ4n) is 3.74. The Bertz CT molecular complexity index is 1020. The van der Waals surface area contributed by atoms with Crippen LogP contribution in [-0.2, 0) is 10.0 Å². The number of aryl methyl sites for hydroxylation is 1. The lowest BCUT2D eigenvalue weighted by molar-refractivity contribution is 0.0710. The Hall–Kier alpha value is -2.63. The fraction of sp³-hybridized carbons (Fsp3) is 0.400. The zero-order valence-corrected chi connectivity index (χ0v) is 17.1. The maximum absolute atomic E-state index is 13.0. The van der Waals surface area contributed by atoms with Crippen molar-refractivity contribution in [1.29, 1.82) is 5.26 Å². The molecule has 1 amide bonds. The van der Waals surface area contributed by atoms with Gasteiger partial charge in [0.1, 0.15) is 0 Å². The largest absolute Gasteiger partial charge is 0.338 e. The van der Waals surface area contributed by atoms with Crippen LogP contribution in [-0.4, -0.2) is 49.2 Å². The Morgan fingerprint density at radius 3 is 2.32 bits per heavy atom. The highest BCUT2D eigenvalue weighted by Gasteiger charge is 2.27. The van der Waals surface area contributed by atoms with Crippen molar-refractivity contribution in [3.8, 4) is 11.8 Å². The van der Waals surface area contributed by atoms with Crippen LogP contribution in [0.1, 0.15) is 40.2 Å². The van der Waals surface area contributed by atoms with Crippen LogP contribution >= 0.6 is 0 Å². The van der Waals surface area contributed by atoms with Crippen molar-refractivity contribution in [2.45, 2.75) is 32.7 Å². The van der Waals surface area contributed by atoms with Crippen LogP contribution in [0.25, 0.3) is 5.69 Å². The molecule has 1 N–H and O–H groups in total. The molecule has 2 heterocycles. The first-order chi connectivity index (χ1) is 13.2. The highest BCUT2D eigenvalue weighted by atomic mass is 32.2. The summed E-state index contributed by atoms with van der Waals surface area (Å²) in [6, 6.07) is 11.1. The van der Waals surface area contributed by atoms with Gasteiger partial charge in [-0.15, -0.1) is 0 Å². The molecule has 1 aromatic heterocycles. The van der Waals surface area contributed by atoms with E-state index >= 15 is 0 Å². The molecular formula is C20H24N4O3S. The maximum atomic E-state index is 13.0. The summed E-state index contributed by atoms with van der Waals surface area (Å²) >= 11 is 0. The van der Waals surface area contributed by atoms with Gasteiger partial charge in [0, 0.05) is 36.2 Å². The van der Waals surface area contributed by atoms with Crippen molar-refractivity contribution in [3.63, 3.8) is 0 Å². The third-order valence-electron chi connectivity index (χ3n) is 5.08. The molecule has 1 aliphatic heterocycles. The second kappa shape index (κ2) is 7.78. The number of amides is 1. The van der Waals surface area contributed by atoms with E-state index in [9.17, 15) is 13.2 Å². The second-order valence-corrected chi connectivity index (χ2v) is 9.02. The zero-order valence-electron chi connectivity index (χ0n) is 16.3. The van der Waals surface area contributed by atoms with E-state index in [4.69, 9.17) is 5.26 Å². The molecule has 0 radical (unpaired) electrons. The number of aromatic nitrogens is 1. The molecule has 1 aromatic carbocycles.